The second-order valence-corrected chi connectivity index (χ2v) is 10.4. The molecule has 0 amide bonds. The molecule has 0 radical (unpaired) electrons. The van der Waals surface area contributed by atoms with Crippen molar-refractivity contribution in [2.75, 3.05) is 12.3 Å². The lowest BCUT2D eigenvalue weighted by molar-refractivity contribution is -0.142. The first-order chi connectivity index (χ1) is 20.2. The number of carbonyl (C=O) groups excluding carboxylic acids is 1. The van der Waals surface area contributed by atoms with E-state index in [0.717, 1.165) is 69.9 Å². The number of aromatic nitrogens is 3. The van der Waals surface area contributed by atoms with Gasteiger partial charge in [-0.3, -0.25) is 9.48 Å². The predicted octanol–water partition coefficient (Wildman–Crippen LogP) is 7.26. The molecule has 2 N–H and O–H groups in total. The van der Waals surface area contributed by atoms with Gasteiger partial charge in [-0.1, -0.05) is 30.3 Å². The first-order valence-corrected chi connectivity index (χ1v) is 13.9. The minimum Gasteiger partial charge on any atom is -0.487 e. The predicted molar refractivity (Wildman–Crippen MR) is 154 cm³/mol. The van der Waals surface area contributed by atoms with Crippen molar-refractivity contribution >= 4 is 33.5 Å². The van der Waals surface area contributed by atoms with Crippen LogP contribution in [0.2, 0.25) is 0 Å². The highest BCUT2D eigenvalue weighted by Crippen LogP contribution is 2.38. The van der Waals surface area contributed by atoms with Crippen molar-refractivity contribution in [1.82, 2.24) is 14.8 Å². The van der Waals surface area contributed by atoms with Gasteiger partial charge in [-0.25, -0.2) is 4.98 Å². The molecular formula is C32H29F3N4O3. The number of esters is 1. The number of anilines is 1. The molecule has 1 fully saturated rings. The summed E-state index contributed by atoms with van der Waals surface area (Å²) in [5.41, 5.74) is 9.04. The molecule has 0 saturated heterocycles. The number of hydrogen-bond acceptors (Lipinski definition) is 6. The van der Waals surface area contributed by atoms with Crippen molar-refractivity contribution in [2.45, 2.75) is 51.4 Å². The molecule has 2 heterocycles. The number of fused-ring (bicyclic) bond motifs is 2. The fraction of sp³-hybridized carbons (Fsp3) is 0.281. The summed E-state index contributed by atoms with van der Waals surface area (Å²) in [6.45, 7) is 1.82. The summed E-state index contributed by atoms with van der Waals surface area (Å²) in [5, 5.41) is 7.52. The highest BCUT2D eigenvalue weighted by molar-refractivity contribution is 6.02. The van der Waals surface area contributed by atoms with Gasteiger partial charge in [0.05, 0.1) is 35.8 Å². The lowest BCUT2D eigenvalue weighted by Gasteiger charge is -2.27. The summed E-state index contributed by atoms with van der Waals surface area (Å²) in [6, 6.07) is 17.1. The normalized spacial score (nSPS) is 13.8. The van der Waals surface area contributed by atoms with Crippen molar-refractivity contribution in [3.8, 4) is 16.9 Å². The molecule has 0 atom stereocenters. The van der Waals surface area contributed by atoms with Crippen molar-refractivity contribution in [1.29, 1.82) is 0 Å². The number of hydrogen-bond donors (Lipinski definition) is 1. The van der Waals surface area contributed by atoms with Crippen LogP contribution in [0, 0.1) is 0 Å². The third-order valence-corrected chi connectivity index (χ3v) is 7.77. The van der Waals surface area contributed by atoms with E-state index in [1.807, 2.05) is 47.1 Å². The Morgan fingerprint density at radius 3 is 2.62 bits per heavy atom. The SMILES string of the molecule is CCOC(=O)Cc1ccc(C(F)(F)F)cc1OCc1c2cc(-c3cccc4c(N)nccc34)ccc2nn1C1CCC1. The van der Waals surface area contributed by atoms with Gasteiger partial charge in [-0.2, -0.15) is 18.3 Å². The maximum absolute atomic E-state index is 13.6. The maximum atomic E-state index is 13.6. The van der Waals surface area contributed by atoms with Crippen LogP contribution in [0.25, 0.3) is 32.8 Å². The first kappa shape index (κ1) is 27.6. The van der Waals surface area contributed by atoms with E-state index in [2.05, 4.69) is 4.98 Å². The second kappa shape index (κ2) is 11.0. The van der Waals surface area contributed by atoms with Gasteiger partial charge in [0, 0.05) is 22.5 Å². The van der Waals surface area contributed by atoms with Crippen LogP contribution >= 0.6 is 0 Å². The molecule has 0 unspecified atom stereocenters. The van der Waals surface area contributed by atoms with Crippen LogP contribution in [0.3, 0.4) is 0 Å². The largest absolute Gasteiger partial charge is 0.487 e. The zero-order valence-corrected chi connectivity index (χ0v) is 22.9. The summed E-state index contributed by atoms with van der Waals surface area (Å²) in [6.07, 6.45) is -0.0889. The number of ether oxygens (including phenoxy) is 2. The Hall–Kier alpha value is -4.60. The molecule has 1 aliphatic rings. The standard InChI is InChI=1S/C32H29F3N4O3/c1-2-41-30(40)16-20-9-11-21(32(33,34)35)17-29(20)42-18-28-26-15-19(10-12-27(26)38-39(28)22-5-3-6-22)23-7-4-8-25-24(23)13-14-37-31(25)36/h4,7-15,17,22H,2-3,5-6,16,18H2,1H3,(H2,36,37). The number of halogens is 3. The second-order valence-electron chi connectivity index (χ2n) is 10.4. The van der Waals surface area contributed by atoms with Gasteiger partial charge >= 0.3 is 12.1 Å². The molecular weight excluding hydrogens is 545 g/mol. The van der Waals surface area contributed by atoms with Crippen molar-refractivity contribution < 1.29 is 27.4 Å². The molecule has 6 rings (SSSR count). The molecule has 0 spiro atoms. The highest BCUT2D eigenvalue weighted by atomic mass is 19.4. The number of benzene rings is 3. The van der Waals surface area contributed by atoms with Crippen LogP contribution in [-0.2, 0) is 28.7 Å². The van der Waals surface area contributed by atoms with Crippen molar-refractivity contribution in [3.05, 3.63) is 83.7 Å². The summed E-state index contributed by atoms with van der Waals surface area (Å²) in [5.74, 6) is -0.106. The van der Waals surface area contributed by atoms with Crippen LogP contribution in [0.4, 0.5) is 19.0 Å². The number of nitrogen functional groups attached to an aromatic ring is 1. The van der Waals surface area contributed by atoms with E-state index in [1.165, 1.54) is 6.07 Å². The monoisotopic (exact) mass is 574 g/mol. The number of pyridine rings is 1. The van der Waals surface area contributed by atoms with Gasteiger partial charge in [-0.05, 0) is 73.0 Å². The average molecular weight is 575 g/mol. The zero-order valence-electron chi connectivity index (χ0n) is 22.9. The van der Waals surface area contributed by atoms with E-state index < -0.39 is 17.7 Å². The van der Waals surface area contributed by atoms with Gasteiger partial charge in [0.1, 0.15) is 18.2 Å². The van der Waals surface area contributed by atoms with Crippen LogP contribution in [0.5, 0.6) is 5.75 Å². The highest BCUT2D eigenvalue weighted by Gasteiger charge is 2.32. The Bertz CT molecular complexity index is 1790. The summed E-state index contributed by atoms with van der Waals surface area (Å²) in [4.78, 5) is 16.4. The minimum atomic E-state index is -4.56. The summed E-state index contributed by atoms with van der Waals surface area (Å²) >= 11 is 0. The molecule has 10 heteroatoms. The fourth-order valence-electron chi connectivity index (χ4n) is 5.41. The third kappa shape index (κ3) is 5.24. The third-order valence-electron chi connectivity index (χ3n) is 7.77. The van der Waals surface area contributed by atoms with Gasteiger partial charge in [0.2, 0.25) is 0 Å². The summed E-state index contributed by atoms with van der Waals surface area (Å²) < 4.78 is 53.9. The van der Waals surface area contributed by atoms with Crippen LogP contribution in [0.15, 0.2) is 66.9 Å². The van der Waals surface area contributed by atoms with E-state index in [-0.39, 0.29) is 31.4 Å². The number of nitrogens with zero attached hydrogens (tertiary/aromatic N) is 3. The van der Waals surface area contributed by atoms with Gasteiger partial charge in [0.25, 0.3) is 0 Å². The molecule has 216 valence electrons. The molecule has 1 saturated carbocycles. The number of rotatable bonds is 8. The molecule has 0 bridgehead atoms. The summed E-state index contributed by atoms with van der Waals surface area (Å²) in [7, 11) is 0. The van der Waals surface area contributed by atoms with Crippen molar-refractivity contribution in [3.63, 3.8) is 0 Å². The van der Waals surface area contributed by atoms with Crippen molar-refractivity contribution in [2.24, 2.45) is 0 Å². The first-order valence-electron chi connectivity index (χ1n) is 13.9. The molecule has 1 aliphatic carbocycles. The lowest BCUT2D eigenvalue weighted by atomic mass is 9.93. The minimum absolute atomic E-state index is 0.0134. The van der Waals surface area contributed by atoms with Crippen LogP contribution in [0.1, 0.15) is 49.0 Å². The van der Waals surface area contributed by atoms with Gasteiger partial charge < -0.3 is 15.2 Å². The number of alkyl halides is 3. The average Bonchev–Trinajstić information content (AvgIpc) is 3.27. The Balaban J connectivity index is 1.41. The molecule has 42 heavy (non-hydrogen) atoms. The molecule has 0 aliphatic heterocycles. The van der Waals surface area contributed by atoms with E-state index in [4.69, 9.17) is 20.3 Å². The van der Waals surface area contributed by atoms with Gasteiger partial charge in [-0.15, -0.1) is 0 Å². The van der Waals surface area contributed by atoms with Crippen LogP contribution in [-0.4, -0.2) is 27.3 Å². The molecule has 7 nitrogen and oxygen atoms in total. The van der Waals surface area contributed by atoms with E-state index >= 15 is 0 Å². The number of carbonyl (C=O) groups is 1. The Kier molecular flexibility index (Phi) is 7.22. The number of nitrogens with two attached hydrogens (primary N) is 1. The Morgan fingerprint density at radius 2 is 1.88 bits per heavy atom. The van der Waals surface area contributed by atoms with Crippen LogP contribution < -0.4 is 10.5 Å². The van der Waals surface area contributed by atoms with E-state index in [0.29, 0.717) is 11.4 Å². The van der Waals surface area contributed by atoms with E-state index in [9.17, 15) is 18.0 Å². The Morgan fingerprint density at radius 1 is 1.05 bits per heavy atom. The zero-order chi connectivity index (χ0) is 29.4. The van der Waals surface area contributed by atoms with E-state index in [1.54, 1.807) is 13.1 Å². The van der Waals surface area contributed by atoms with Gasteiger partial charge in [0.15, 0.2) is 0 Å². The topological polar surface area (TPSA) is 92.3 Å². The maximum Gasteiger partial charge on any atom is 0.416 e. The molecule has 2 aromatic heterocycles. The Labute approximate surface area is 240 Å². The fourth-order valence-corrected chi connectivity index (χ4v) is 5.41. The molecule has 5 aromatic rings. The molecule has 3 aromatic carbocycles. The lowest BCUT2D eigenvalue weighted by Crippen LogP contribution is -2.21. The quantitative estimate of drug-likeness (QED) is 0.196. The smallest absolute Gasteiger partial charge is 0.416 e.